The molecule has 0 aromatic carbocycles. The van der Waals surface area contributed by atoms with E-state index in [1.54, 1.807) is 13.8 Å². The maximum atomic E-state index is 11.0. The fourth-order valence-corrected chi connectivity index (χ4v) is 1.45. The summed E-state index contributed by atoms with van der Waals surface area (Å²) in [7, 11) is 0. The number of hydrogen-bond donors (Lipinski definition) is 4. The first-order valence-corrected chi connectivity index (χ1v) is 5.78. The van der Waals surface area contributed by atoms with Crippen molar-refractivity contribution in [3.63, 3.8) is 0 Å². The SMILES string of the molecule is CCOc1nc(NN)nc(NC(C)(C)CC(N)=O)n1. The molecule has 1 heterocycles. The molecule has 1 rings (SSSR count). The van der Waals surface area contributed by atoms with Crippen molar-refractivity contribution in [2.45, 2.75) is 32.7 Å². The van der Waals surface area contributed by atoms with E-state index in [1.807, 2.05) is 6.92 Å². The van der Waals surface area contributed by atoms with Crippen molar-refractivity contribution in [3.05, 3.63) is 0 Å². The zero-order valence-electron chi connectivity index (χ0n) is 11.2. The van der Waals surface area contributed by atoms with Crippen LogP contribution in [0.4, 0.5) is 11.9 Å². The molecule has 1 aromatic heterocycles. The van der Waals surface area contributed by atoms with Gasteiger partial charge < -0.3 is 15.8 Å². The molecule has 19 heavy (non-hydrogen) atoms. The maximum Gasteiger partial charge on any atom is 0.323 e. The van der Waals surface area contributed by atoms with E-state index in [9.17, 15) is 4.79 Å². The average molecular weight is 269 g/mol. The van der Waals surface area contributed by atoms with Crippen LogP contribution in [0.5, 0.6) is 6.01 Å². The van der Waals surface area contributed by atoms with E-state index in [0.29, 0.717) is 6.61 Å². The van der Waals surface area contributed by atoms with E-state index in [0.717, 1.165) is 0 Å². The second-order valence-corrected chi connectivity index (χ2v) is 4.49. The number of carbonyl (C=O) groups is 1. The highest BCUT2D eigenvalue weighted by Crippen LogP contribution is 2.17. The quantitative estimate of drug-likeness (QED) is 0.388. The number of hydrogen-bond acceptors (Lipinski definition) is 8. The molecule has 6 N–H and O–H groups in total. The molecule has 0 aliphatic carbocycles. The van der Waals surface area contributed by atoms with Gasteiger partial charge in [-0.3, -0.25) is 10.2 Å². The van der Waals surface area contributed by atoms with Crippen molar-refractivity contribution in [2.75, 3.05) is 17.3 Å². The van der Waals surface area contributed by atoms with Crippen LogP contribution in [0.3, 0.4) is 0 Å². The van der Waals surface area contributed by atoms with Gasteiger partial charge in [-0.2, -0.15) is 15.0 Å². The highest BCUT2D eigenvalue weighted by molar-refractivity contribution is 5.75. The fraction of sp³-hybridized carbons (Fsp3) is 0.600. The summed E-state index contributed by atoms with van der Waals surface area (Å²) in [4.78, 5) is 23.0. The number of aromatic nitrogens is 3. The smallest absolute Gasteiger partial charge is 0.323 e. The first-order valence-electron chi connectivity index (χ1n) is 5.78. The Balaban J connectivity index is 2.92. The van der Waals surface area contributed by atoms with Gasteiger partial charge in [0.1, 0.15) is 0 Å². The second kappa shape index (κ2) is 6.14. The van der Waals surface area contributed by atoms with Gasteiger partial charge in [0.2, 0.25) is 17.8 Å². The number of ether oxygens (including phenoxy) is 1. The molecule has 0 fully saturated rings. The molecule has 0 unspecified atom stereocenters. The normalized spacial score (nSPS) is 10.9. The number of anilines is 2. The van der Waals surface area contributed by atoms with Crippen LogP contribution in [0, 0.1) is 0 Å². The molecular weight excluding hydrogens is 250 g/mol. The fourth-order valence-electron chi connectivity index (χ4n) is 1.45. The number of carbonyl (C=O) groups excluding carboxylic acids is 1. The van der Waals surface area contributed by atoms with Gasteiger partial charge in [0.15, 0.2) is 0 Å². The first-order chi connectivity index (χ1) is 8.86. The van der Waals surface area contributed by atoms with Crippen LogP contribution >= 0.6 is 0 Å². The van der Waals surface area contributed by atoms with Gasteiger partial charge in [-0.15, -0.1) is 0 Å². The van der Waals surface area contributed by atoms with Gasteiger partial charge >= 0.3 is 6.01 Å². The zero-order valence-corrected chi connectivity index (χ0v) is 11.2. The van der Waals surface area contributed by atoms with Crippen molar-refractivity contribution in [3.8, 4) is 6.01 Å². The van der Waals surface area contributed by atoms with E-state index in [1.165, 1.54) is 0 Å². The van der Waals surface area contributed by atoms with Gasteiger partial charge in [-0.1, -0.05) is 0 Å². The summed E-state index contributed by atoms with van der Waals surface area (Å²) in [5.41, 5.74) is 6.90. The summed E-state index contributed by atoms with van der Waals surface area (Å²) in [6.45, 7) is 5.83. The number of nitrogens with one attached hydrogen (secondary N) is 2. The molecule has 0 saturated heterocycles. The van der Waals surface area contributed by atoms with Crippen LogP contribution in [0.15, 0.2) is 0 Å². The number of hydrazine groups is 1. The van der Waals surface area contributed by atoms with Gasteiger partial charge in [0.05, 0.1) is 6.61 Å². The highest BCUT2D eigenvalue weighted by atomic mass is 16.5. The lowest BCUT2D eigenvalue weighted by Crippen LogP contribution is -2.36. The Morgan fingerprint density at radius 1 is 1.32 bits per heavy atom. The van der Waals surface area contributed by atoms with E-state index in [2.05, 4.69) is 25.7 Å². The number of nitrogens with zero attached hydrogens (tertiary/aromatic N) is 3. The lowest BCUT2D eigenvalue weighted by atomic mass is 10.0. The Kier molecular flexibility index (Phi) is 4.81. The molecule has 1 aromatic rings. The first kappa shape index (κ1) is 14.9. The van der Waals surface area contributed by atoms with E-state index < -0.39 is 11.4 Å². The van der Waals surface area contributed by atoms with E-state index in [-0.39, 0.29) is 24.3 Å². The molecule has 0 radical (unpaired) electrons. The zero-order chi connectivity index (χ0) is 14.5. The topological polar surface area (TPSA) is 141 Å². The van der Waals surface area contributed by atoms with Gasteiger partial charge in [-0.05, 0) is 20.8 Å². The van der Waals surface area contributed by atoms with Crippen LogP contribution in [-0.4, -0.2) is 33.0 Å². The Labute approximate surface area is 111 Å². The predicted molar refractivity (Wildman–Crippen MR) is 70.3 cm³/mol. The molecule has 0 aliphatic heterocycles. The number of primary amides is 1. The van der Waals surface area contributed by atoms with Crippen molar-refractivity contribution < 1.29 is 9.53 Å². The third kappa shape index (κ3) is 4.92. The summed E-state index contributed by atoms with van der Waals surface area (Å²) >= 11 is 0. The summed E-state index contributed by atoms with van der Waals surface area (Å²) in [5.74, 6) is 5.26. The van der Waals surface area contributed by atoms with Crippen LogP contribution in [-0.2, 0) is 4.79 Å². The molecule has 1 amide bonds. The largest absolute Gasteiger partial charge is 0.464 e. The molecule has 0 atom stereocenters. The monoisotopic (exact) mass is 269 g/mol. The number of nitrogen functional groups attached to an aromatic ring is 1. The molecular formula is C10H19N7O2. The molecule has 0 aliphatic rings. The van der Waals surface area contributed by atoms with E-state index >= 15 is 0 Å². The standard InChI is InChI=1S/C10H19N7O2/c1-4-19-9-14-7(13-8(15-9)17-12)16-10(2,3)5-6(11)18/h4-5,12H2,1-3H3,(H2,11,18)(H2,13,14,15,16,17). The number of nitrogens with two attached hydrogens (primary N) is 2. The van der Waals surface area contributed by atoms with Crippen LogP contribution < -0.4 is 27.1 Å². The maximum absolute atomic E-state index is 11.0. The third-order valence-electron chi connectivity index (χ3n) is 2.08. The minimum absolute atomic E-state index is 0.133. The Morgan fingerprint density at radius 2 is 1.95 bits per heavy atom. The van der Waals surface area contributed by atoms with Crippen LogP contribution in [0.25, 0.3) is 0 Å². The Hall–Kier alpha value is -2.16. The van der Waals surface area contributed by atoms with Gasteiger partial charge in [-0.25, -0.2) is 5.84 Å². The highest BCUT2D eigenvalue weighted by Gasteiger charge is 2.22. The van der Waals surface area contributed by atoms with Crippen molar-refractivity contribution in [1.82, 2.24) is 15.0 Å². The molecule has 0 saturated carbocycles. The Bertz CT molecular complexity index is 450. The lowest BCUT2D eigenvalue weighted by molar-refractivity contribution is -0.118. The molecule has 9 nitrogen and oxygen atoms in total. The average Bonchev–Trinajstić information content (AvgIpc) is 2.26. The summed E-state index contributed by atoms with van der Waals surface area (Å²) in [5, 5.41) is 2.98. The number of amides is 1. The number of rotatable bonds is 7. The van der Waals surface area contributed by atoms with Crippen molar-refractivity contribution in [2.24, 2.45) is 11.6 Å². The van der Waals surface area contributed by atoms with Gasteiger partial charge in [0.25, 0.3) is 0 Å². The van der Waals surface area contributed by atoms with Crippen LogP contribution in [0.2, 0.25) is 0 Å². The second-order valence-electron chi connectivity index (χ2n) is 4.49. The minimum atomic E-state index is -0.595. The minimum Gasteiger partial charge on any atom is -0.464 e. The van der Waals surface area contributed by atoms with Crippen molar-refractivity contribution in [1.29, 1.82) is 0 Å². The lowest BCUT2D eigenvalue weighted by Gasteiger charge is -2.24. The molecule has 9 heteroatoms. The summed E-state index contributed by atoms with van der Waals surface area (Å²) < 4.78 is 5.20. The molecule has 0 bridgehead atoms. The Morgan fingerprint density at radius 3 is 2.47 bits per heavy atom. The summed E-state index contributed by atoms with van der Waals surface area (Å²) in [6, 6.07) is 0.142. The predicted octanol–water partition coefficient (Wildman–Crippen LogP) is -0.378. The third-order valence-corrected chi connectivity index (χ3v) is 2.08. The van der Waals surface area contributed by atoms with Gasteiger partial charge in [0, 0.05) is 12.0 Å². The molecule has 106 valence electrons. The van der Waals surface area contributed by atoms with Crippen molar-refractivity contribution >= 4 is 17.8 Å². The van der Waals surface area contributed by atoms with Crippen LogP contribution in [0.1, 0.15) is 27.2 Å². The molecule has 0 spiro atoms. The summed E-state index contributed by atoms with van der Waals surface area (Å²) in [6.07, 6.45) is 0.133. The van der Waals surface area contributed by atoms with E-state index in [4.69, 9.17) is 16.3 Å².